The largest absolute Gasteiger partial charge is 0.507 e. The average Bonchev–Trinajstić information content (AvgIpc) is 2.34. The molecule has 0 radical (unpaired) electrons. The van der Waals surface area contributed by atoms with Gasteiger partial charge in [0.2, 0.25) is 0 Å². The zero-order chi connectivity index (χ0) is 12.7. The predicted molar refractivity (Wildman–Crippen MR) is 64.0 cm³/mol. The molecule has 17 heavy (non-hydrogen) atoms. The van der Waals surface area contributed by atoms with Gasteiger partial charge in [0.1, 0.15) is 11.5 Å². The Morgan fingerprint density at radius 3 is 2.65 bits per heavy atom. The molecule has 1 unspecified atom stereocenters. The van der Waals surface area contributed by atoms with Gasteiger partial charge in [0.15, 0.2) is 0 Å². The average molecular weight is 241 g/mol. The zero-order valence-corrected chi connectivity index (χ0v) is 10.4. The van der Waals surface area contributed by atoms with E-state index in [0.29, 0.717) is 19.0 Å². The standard InChI is InChI=1S/C12H19NO4/c1-9(13-17-7-6-15-2)11-5-4-10(16-3)8-12(11)14/h4-5,8-9,13-14H,6-7H2,1-3H3. The molecule has 0 bridgehead atoms. The van der Waals surface area contributed by atoms with Crippen molar-refractivity contribution >= 4 is 0 Å². The summed E-state index contributed by atoms with van der Waals surface area (Å²) in [5, 5.41) is 9.80. The predicted octanol–water partition coefficient (Wildman–Crippen LogP) is 1.63. The molecule has 5 nitrogen and oxygen atoms in total. The van der Waals surface area contributed by atoms with E-state index in [1.54, 1.807) is 32.4 Å². The SMILES string of the molecule is COCCONC(C)c1ccc(OC)cc1O. The Balaban J connectivity index is 2.53. The Labute approximate surface area is 101 Å². The number of hydroxylamine groups is 1. The molecule has 2 N–H and O–H groups in total. The second-order valence-corrected chi connectivity index (χ2v) is 3.61. The van der Waals surface area contributed by atoms with Crippen molar-refractivity contribution in [1.29, 1.82) is 0 Å². The molecule has 1 rings (SSSR count). The molecule has 96 valence electrons. The molecule has 0 aliphatic heterocycles. The minimum atomic E-state index is -0.113. The molecule has 5 heteroatoms. The number of phenols is 1. The summed E-state index contributed by atoms with van der Waals surface area (Å²) in [6.07, 6.45) is 0. The Kier molecular flexibility index (Phi) is 5.76. The number of rotatable bonds is 7. The Bertz CT molecular complexity index is 343. The van der Waals surface area contributed by atoms with Crippen LogP contribution in [0.25, 0.3) is 0 Å². The van der Waals surface area contributed by atoms with Crippen LogP contribution >= 0.6 is 0 Å². The molecule has 1 aromatic carbocycles. The van der Waals surface area contributed by atoms with Gasteiger partial charge in [0.05, 0.1) is 26.4 Å². The Hall–Kier alpha value is -1.30. The smallest absolute Gasteiger partial charge is 0.124 e. The molecule has 0 fully saturated rings. The van der Waals surface area contributed by atoms with Gasteiger partial charge in [-0.1, -0.05) is 6.07 Å². The van der Waals surface area contributed by atoms with Gasteiger partial charge in [-0.05, 0) is 13.0 Å². The summed E-state index contributed by atoms with van der Waals surface area (Å²) >= 11 is 0. The fourth-order valence-electron chi connectivity index (χ4n) is 1.39. The van der Waals surface area contributed by atoms with Crippen LogP contribution in [-0.2, 0) is 9.57 Å². The first kappa shape index (κ1) is 13.8. The van der Waals surface area contributed by atoms with E-state index in [1.165, 1.54) is 0 Å². The van der Waals surface area contributed by atoms with Gasteiger partial charge in [0, 0.05) is 18.7 Å². The summed E-state index contributed by atoms with van der Waals surface area (Å²) in [6, 6.07) is 5.05. The molecule has 0 saturated heterocycles. The highest BCUT2D eigenvalue weighted by Gasteiger charge is 2.10. The number of aromatic hydroxyl groups is 1. The lowest BCUT2D eigenvalue weighted by Crippen LogP contribution is -2.21. The fourth-order valence-corrected chi connectivity index (χ4v) is 1.39. The first-order valence-corrected chi connectivity index (χ1v) is 5.42. The maximum absolute atomic E-state index is 9.80. The van der Waals surface area contributed by atoms with E-state index in [4.69, 9.17) is 14.3 Å². The van der Waals surface area contributed by atoms with E-state index in [1.807, 2.05) is 6.92 Å². The van der Waals surface area contributed by atoms with Crippen molar-refractivity contribution in [3.05, 3.63) is 23.8 Å². The Morgan fingerprint density at radius 1 is 1.29 bits per heavy atom. The minimum absolute atomic E-state index is 0.113. The maximum Gasteiger partial charge on any atom is 0.124 e. The van der Waals surface area contributed by atoms with Crippen LogP contribution in [0.4, 0.5) is 0 Å². The number of phenolic OH excluding ortho intramolecular Hbond substituents is 1. The molecular formula is C12H19NO4. The second kappa shape index (κ2) is 7.11. The maximum atomic E-state index is 9.80. The highest BCUT2D eigenvalue weighted by atomic mass is 16.7. The lowest BCUT2D eigenvalue weighted by atomic mass is 10.1. The normalized spacial score (nSPS) is 12.4. The van der Waals surface area contributed by atoms with Crippen LogP contribution in [-0.4, -0.2) is 32.5 Å². The summed E-state index contributed by atoms with van der Waals surface area (Å²) in [4.78, 5) is 5.18. The second-order valence-electron chi connectivity index (χ2n) is 3.61. The first-order valence-electron chi connectivity index (χ1n) is 5.42. The van der Waals surface area contributed by atoms with Crippen LogP contribution in [0.3, 0.4) is 0 Å². The summed E-state index contributed by atoms with van der Waals surface area (Å²) < 4.78 is 9.87. The van der Waals surface area contributed by atoms with E-state index in [-0.39, 0.29) is 11.8 Å². The number of nitrogens with one attached hydrogen (secondary N) is 1. The third-order valence-corrected chi connectivity index (χ3v) is 2.35. The molecule has 0 amide bonds. The topological polar surface area (TPSA) is 60.0 Å². The van der Waals surface area contributed by atoms with Crippen molar-refractivity contribution in [2.45, 2.75) is 13.0 Å². The fraction of sp³-hybridized carbons (Fsp3) is 0.500. The minimum Gasteiger partial charge on any atom is -0.507 e. The molecule has 0 aliphatic rings. The highest BCUT2D eigenvalue weighted by Crippen LogP contribution is 2.28. The van der Waals surface area contributed by atoms with E-state index >= 15 is 0 Å². The number of methoxy groups -OCH3 is 2. The van der Waals surface area contributed by atoms with Crippen LogP contribution in [0.5, 0.6) is 11.5 Å². The molecule has 0 aromatic heterocycles. The van der Waals surface area contributed by atoms with Crippen molar-refractivity contribution in [3.63, 3.8) is 0 Å². The van der Waals surface area contributed by atoms with Crippen LogP contribution < -0.4 is 10.2 Å². The van der Waals surface area contributed by atoms with Crippen LogP contribution in [0, 0.1) is 0 Å². The number of hydrogen-bond acceptors (Lipinski definition) is 5. The molecule has 0 spiro atoms. The van der Waals surface area contributed by atoms with Crippen molar-refractivity contribution in [2.24, 2.45) is 0 Å². The van der Waals surface area contributed by atoms with E-state index in [2.05, 4.69) is 5.48 Å². The van der Waals surface area contributed by atoms with E-state index in [9.17, 15) is 5.11 Å². The first-order chi connectivity index (χ1) is 8.19. The zero-order valence-electron chi connectivity index (χ0n) is 10.4. The van der Waals surface area contributed by atoms with Gasteiger partial charge >= 0.3 is 0 Å². The van der Waals surface area contributed by atoms with Gasteiger partial charge in [-0.15, -0.1) is 0 Å². The third-order valence-electron chi connectivity index (χ3n) is 2.35. The van der Waals surface area contributed by atoms with Crippen LogP contribution in [0.15, 0.2) is 18.2 Å². The van der Waals surface area contributed by atoms with E-state index < -0.39 is 0 Å². The molecule has 1 aromatic rings. The van der Waals surface area contributed by atoms with Gasteiger partial charge in [-0.3, -0.25) is 4.84 Å². The molecule has 0 heterocycles. The van der Waals surface area contributed by atoms with Crippen LogP contribution in [0.2, 0.25) is 0 Å². The van der Waals surface area contributed by atoms with Crippen molar-refractivity contribution in [1.82, 2.24) is 5.48 Å². The highest BCUT2D eigenvalue weighted by molar-refractivity contribution is 5.41. The van der Waals surface area contributed by atoms with Crippen LogP contribution in [0.1, 0.15) is 18.5 Å². The third kappa shape index (κ3) is 4.22. The number of benzene rings is 1. The van der Waals surface area contributed by atoms with Gasteiger partial charge < -0.3 is 14.6 Å². The van der Waals surface area contributed by atoms with Crippen molar-refractivity contribution in [3.8, 4) is 11.5 Å². The van der Waals surface area contributed by atoms with Gasteiger partial charge in [0.25, 0.3) is 0 Å². The van der Waals surface area contributed by atoms with Crippen molar-refractivity contribution in [2.75, 3.05) is 27.4 Å². The Morgan fingerprint density at radius 2 is 2.06 bits per heavy atom. The molecular weight excluding hydrogens is 222 g/mol. The number of ether oxygens (including phenoxy) is 2. The number of hydrogen-bond donors (Lipinski definition) is 2. The lowest BCUT2D eigenvalue weighted by Gasteiger charge is -2.15. The monoisotopic (exact) mass is 241 g/mol. The lowest BCUT2D eigenvalue weighted by molar-refractivity contribution is -0.00957. The van der Waals surface area contributed by atoms with Crippen molar-refractivity contribution < 1.29 is 19.4 Å². The van der Waals surface area contributed by atoms with Gasteiger partial charge in [-0.2, -0.15) is 5.48 Å². The summed E-state index contributed by atoms with van der Waals surface area (Å²) in [5.41, 5.74) is 3.58. The summed E-state index contributed by atoms with van der Waals surface area (Å²) in [7, 11) is 3.17. The van der Waals surface area contributed by atoms with E-state index in [0.717, 1.165) is 5.56 Å². The molecule has 0 aliphatic carbocycles. The summed E-state index contributed by atoms with van der Waals surface area (Å²) in [6.45, 7) is 2.88. The molecule has 1 atom stereocenters. The quantitative estimate of drug-likeness (QED) is 0.561. The summed E-state index contributed by atoms with van der Waals surface area (Å²) in [5.74, 6) is 0.804. The van der Waals surface area contributed by atoms with Gasteiger partial charge in [-0.25, -0.2) is 0 Å². The molecule has 0 saturated carbocycles.